The number of rotatable bonds is 3. The first kappa shape index (κ1) is 12.9. The van der Waals surface area contributed by atoms with Crippen LogP contribution in [0.1, 0.15) is 18.2 Å². The first-order valence-electron chi connectivity index (χ1n) is 5.82. The van der Waals surface area contributed by atoms with Gasteiger partial charge in [0, 0.05) is 12.6 Å². The molecule has 2 aromatic heterocycles. The van der Waals surface area contributed by atoms with E-state index in [1.807, 2.05) is 13.8 Å². The molecule has 6 heteroatoms. The fourth-order valence-electron chi connectivity index (χ4n) is 1.83. The molecule has 0 bridgehead atoms. The molecule has 0 aliphatic heterocycles. The summed E-state index contributed by atoms with van der Waals surface area (Å²) in [7, 11) is 0. The van der Waals surface area contributed by atoms with E-state index in [2.05, 4.69) is 4.98 Å². The Balaban J connectivity index is 2.81. The SMILES string of the molecule is C/C=C/Cc1nc2cc(C)ccn2c(=O)c1[N+](=O)[O-]. The Bertz CT molecular complexity index is 732. The minimum absolute atomic E-state index is 0.193. The van der Waals surface area contributed by atoms with Crippen LogP contribution in [-0.2, 0) is 6.42 Å². The Morgan fingerprint density at radius 3 is 2.89 bits per heavy atom. The van der Waals surface area contributed by atoms with Crippen LogP contribution in [0.25, 0.3) is 5.65 Å². The smallest absolute Gasteiger partial charge is 0.262 e. The van der Waals surface area contributed by atoms with Crippen molar-refractivity contribution in [1.29, 1.82) is 0 Å². The van der Waals surface area contributed by atoms with E-state index in [1.165, 1.54) is 10.6 Å². The summed E-state index contributed by atoms with van der Waals surface area (Å²) in [5.41, 5.74) is 0.459. The molecule has 0 aliphatic rings. The molecule has 0 unspecified atom stereocenters. The predicted molar refractivity (Wildman–Crippen MR) is 71.4 cm³/mol. The topological polar surface area (TPSA) is 77.5 Å². The average molecular weight is 259 g/mol. The van der Waals surface area contributed by atoms with Gasteiger partial charge in [0.05, 0.1) is 4.92 Å². The fraction of sp³-hybridized carbons (Fsp3) is 0.231. The second-order valence-corrected chi connectivity index (χ2v) is 4.17. The lowest BCUT2D eigenvalue weighted by Gasteiger charge is -2.04. The van der Waals surface area contributed by atoms with Gasteiger partial charge in [-0.2, -0.15) is 0 Å². The van der Waals surface area contributed by atoms with Crippen LogP contribution < -0.4 is 5.56 Å². The standard InChI is InChI=1S/C13H13N3O3/c1-3-4-5-10-12(16(18)19)13(17)15-7-6-9(2)8-11(15)14-10/h3-4,6-8H,5H2,1-2H3/b4-3+. The lowest BCUT2D eigenvalue weighted by Crippen LogP contribution is -2.21. The van der Waals surface area contributed by atoms with Gasteiger partial charge >= 0.3 is 11.2 Å². The van der Waals surface area contributed by atoms with Crippen molar-refractivity contribution in [2.24, 2.45) is 0 Å². The van der Waals surface area contributed by atoms with Crippen molar-refractivity contribution in [2.75, 3.05) is 0 Å². The largest absolute Gasteiger partial charge is 0.356 e. The van der Waals surface area contributed by atoms with Gasteiger partial charge in [-0.05, 0) is 31.5 Å². The number of aromatic nitrogens is 2. The summed E-state index contributed by atoms with van der Waals surface area (Å²) in [6, 6.07) is 3.44. The third kappa shape index (κ3) is 2.37. The summed E-state index contributed by atoms with van der Waals surface area (Å²) >= 11 is 0. The van der Waals surface area contributed by atoms with Gasteiger partial charge in [-0.15, -0.1) is 0 Å². The molecule has 2 aromatic rings. The maximum Gasteiger partial charge on any atom is 0.356 e. The Labute approximate surface area is 109 Å². The van der Waals surface area contributed by atoms with Crippen molar-refractivity contribution in [1.82, 2.24) is 9.38 Å². The molecule has 2 rings (SSSR count). The number of nitro groups is 1. The van der Waals surface area contributed by atoms with Crippen LogP contribution in [0, 0.1) is 17.0 Å². The molecule has 0 atom stereocenters. The lowest BCUT2D eigenvalue weighted by molar-refractivity contribution is -0.387. The van der Waals surface area contributed by atoms with E-state index >= 15 is 0 Å². The molecule has 0 saturated carbocycles. The van der Waals surface area contributed by atoms with Crippen molar-refractivity contribution < 1.29 is 4.92 Å². The Kier molecular flexibility index (Phi) is 3.41. The number of aryl methyl sites for hydroxylation is 1. The Morgan fingerprint density at radius 2 is 2.26 bits per heavy atom. The van der Waals surface area contributed by atoms with Crippen LogP contribution in [-0.4, -0.2) is 14.3 Å². The van der Waals surface area contributed by atoms with E-state index in [0.29, 0.717) is 5.65 Å². The highest BCUT2D eigenvalue weighted by molar-refractivity contribution is 5.47. The van der Waals surface area contributed by atoms with Gasteiger partial charge in [-0.1, -0.05) is 12.2 Å². The van der Waals surface area contributed by atoms with Gasteiger partial charge < -0.3 is 0 Å². The minimum Gasteiger partial charge on any atom is -0.262 e. The molecule has 6 nitrogen and oxygen atoms in total. The third-order valence-electron chi connectivity index (χ3n) is 2.76. The molecule has 0 aliphatic carbocycles. The summed E-state index contributed by atoms with van der Waals surface area (Å²) in [6.45, 7) is 3.68. The molecular weight excluding hydrogens is 246 g/mol. The number of nitrogens with zero attached hydrogens (tertiary/aromatic N) is 3. The molecule has 0 spiro atoms. The monoisotopic (exact) mass is 259 g/mol. The van der Waals surface area contributed by atoms with Crippen molar-refractivity contribution in [2.45, 2.75) is 20.3 Å². The molecule has 2 heterocycles. The number of pyridine rings is 1. The summed E-state index contributed by atoms with van der Waals surface area (Å²) in [5, 5.41) is 11.0. The second-order valence-electron chi connectivity index (χ2n) is 4.17. The van der Waals surface area contributed by atoms with Crippen LogP contribution in [0.5, 0.6) is 0 Å². The molecule has 0 saturated heterocycles. The van der Waals surface area contributed by atoms with E-state index in [-0.39, 0.29) is 12.1 Å². The number of allylic oxidation sites excluding steroid dienone is 2. The summed E-state index contributed by atoms with van der Waals surface area (Å²) in [5.74, 6) is 0. The molecule has 0 amide bonds. The summed E-state index contributed by atoms with van der Waals surface area (Å²) in [6.07, 6.45) is 5.28. The maximum absolute atomic E-state index is 12.1. The van der Waals surface area contributed by atoms with Crippen LogP contribution in [0.2, 0.25) is 0 Å². The van der Waals surface area contributed by atoms with Gasteiger partial charge in [0.15, 0.2) is 0 Å². The van der Waals surface area contributed by atoms with Gasteiger partial charge in [-0.3, -0.25) is 19.3 Å². The molecule has 0 N–H and O–H groups in total. The molecule has 0 fully saturated rings. The van der Waals surface area contributed by atoms with Crippen molar-refractivity contribution >= 4 is 11.3 Å². The first-order valence-corrected chi connectivity index (χ1v) is 5.82. The minimum atomic E-state index is -0.666. The number of fused-ring (bicyclic) bond motifs is 1. The van der Waals surface area contributed by atoms with E-state index in [0.717, 1.165) is 5.56 Å². The summed E-state index contributed by atoms with van der Waals surface area (Å²) < 4.78 is 1.20. The highest BCUT2D eigenvalue weighted by Crippen LogP contribution is 2.14. The van der Waals surface area contributed by atoms with Gasteiger partial charge in [0.25, 0.3) is 0 Å². The van der Waals surface area contributed by atoms with Crippen molar-refractivity contribution in [3.8, 4) is 0 Å². The quantitative estimate of drug-likeness (QED) is 0.480. The molecular formula is C13H13N3O3. The normalized spacial score (nSPS) is 11.3. The van der Waals surface area contributed by atoms with Crippen LogP contribution in [0.3, 0.4) is 0 Å². The Hall–Kier alpha value is -2.50. The van der Waals surface area contributed by atoms with Crippen molar-refractivity contribution in [3.63, 3.8) is 0 Å². The second kappa shape index (κ2) is 5.01. The Morgan fingerprint density at radius 1 is 1.53 bits per heavy atom. The van der Waals surface area contributed by atoms with E-state index in [4.69, 9.17) is 0 Å². The highest BCUT2D eigenvalue weighted by atomic mass is 16.6. The third-order valence-corrected chi connectivity index (χ3v) is 2.76. The first-order chi connectivity index (χ1) is 9.04. The number of hydrogen-bond donors (Lipinski definition) is 0. The summed E-state index contributed by atoms with van der Waals surface area (Å²) in [4.78, 5) is 26.7. The van der Waals surface area contributed by atoms with Gasteiger partial charge in [0.2, 0.25) is 0 Å². The van der Waals surface area contributed by atoms with Crippen molar-refractivity contribution in [3.05, 3.63) is 62.2 Å². The lowest BCUT2D eigenvalue weighted by atomic mass is 10.2. The molecule has 98 valence electrons. The molecule has 0 aromatic carbocycles. The predicted octanol–water partition coefficient (Wildman–Crippen LogP) is 2.03. The van der Waals surface area contributed by atoms with Crippen LogP contribution in [0.4, 0.5) is 5.69 Å². The maximum atomic E-state index is 12.1. The van der Waals surface area contributed by atoms with Gasteiger partial charge in [-0.25, -0.2) is 4.98 Å². The van der Waals surface area contributed by atoms with E-state index in [9.17, 15) is 14.9 Å². The zero-order chi connectivity index (χ0) is 14.0. The van der Waals surface area contributed by atoms with E-state index < -0.39 is 16.2 Å². The molecule has 19 heavy (non-hydrogen) atoms. The fourth-order valence-corrected chi connectivity index (χ4v) is 1.83. The zero-order valence-corrected chi connectivity index (χ0v) is 10.7. The molecule has 0 radical (unpaired) electrons. The van der Waals surface area contributed by atoms with Crippen LogP contribution in [0.15, 0.2) is 35.3 Å². The zero-order valence-electron chi connectivity index (χ0n) is 10.7. The van der Waals surface area contributed by atoms with Gasteiger partial charge in [0.1, 0.15) is 11.3 Å². The van der Waals surface area contributed by atoms with E-state index in [1.54, 1.807) is 24.3 Å². The number of hydrogen-bond acceptors (Lipinski definition) is 4. The van der Waals surface area contributed by atoms with Crippen LogP contribution >= 0.6 is 0 Å². The average Bonchev–Trinajstić information content (AvgIpc) is 2.35. The highest BCUT2D eigenvalue weighted by Gasteiger charge is 2.22.